The molecule has 5 heteroatoms. The first-order valence-electron chi connectivity index (χ1n) is 10.6. The van der Waals surface area contributed by atoms with Gasteiger partial charge in [0.15, 0.2) is 17.5 Å². The SMILES string of the molecule is CCCCc1cc(F)c(C2CCc3cc(-c4cc(F)c(F)c(F)c4)ccc3C2)c(F)c1. The van der Waals surface area contributed by atoms with Crippen LogP contribution in [0.3, 0.4) is 0 Å². The van der Waals surface area contributed by atoms with Crippen molar-refractivity contribution in [2.45, 2.75) is 51.4 Å². The molecule has 0 heterocycles. The van der Waals surface area contributed by atoms with Gasteiger partial charge in [0.2, 0.25) is 0 Å². The molecule has 3 aromatic carbocycles. The quantitative estimate of drug-likeness (QED) is 0.288. The van der Waals surface area contributed by atoms with E-state index in [9.17, 15) is 22.0 Å². The van der Waals surface area contributed by atoms with Gasteiger partial charge >= 0.3 is 0 Å². The van der Waals surface area contributed by atoms with Crippen LogP contribution in [-0.4, -0.2) is 0 Å². The van der Waals surface area contributed by atoms with Gasteiger partial charge in [-0.3, -0.25) is 0 Å². The summed E-state index contributed by atoms with van der Waals surface area (Å²) in [5.74, 6) is -5.21. The Morgan fingerprint density at radius 3 is 2.10 bits per heavy atom. The van der Waals surface area contributed by atoms with E-state index in [1.165, 1.54) is 12.1 Å². The minimum Gasteiger partial charge on any atom is -0.207 e. The number of aryl methyl sites for hydroxylation is 2. The van der Waals surface area contributed by atoms with E-state index in [-0.39, 0.29) is 17.0 Å². The number of rotatable bonds is 5. The molecular weight excluding hydrogens is 407 g/mol. The van der Waals surface area contributed by atoms with Crippen LogP contribution in [0.2, 0.25) is 0 Å². The Kier molecular flexibility index (Phi) is 6.12. The van der Waals surface area contributed by atoms with E-state index in [1.807, 2.05) is 19.1 Å². The lowest BCUT2D eigenvalue weighted by atomic mass is 9.78. The molecule has 1 aliphatic rings. The molecule has 162 valence electrons. The van der Waals surface area contributed by atoms with E-state index in [0.717, 1.165) is 36.1 Å². The Morgan fingerprint density at radius 1 is 0.774 bits per heavy atom. The molecule has 0 N–H and O–H groups in total. The Hall–Kier alpha value is -2.69. The number of fused-ring (bicyclic) bond motifs is 1. The summed E-state index contributed by atoms with van der Waals surface area (Å²) in [6.07, 6.45) is 4.17. The van der Waals surface area contributed by atoms with Crippen LogP contribution in [0.5, 0.6) is 0 Å². The topological polar surface area (TPSA) is 0 Å². The van der Waals surface area contributed by atoms with Gasteiger partial charge in [-0.1, -0.05) is 31.5 Å². The fraction of sp³-hybridized carbons (Fsp3) is 0.308. The second-order valence-corrected chi connectivity index (χ2v) is 8.25. The lowest BCUT2D eigenvalue weighted by molar-refractivity contribution is 0.447. The minimum atomic E-state index is -1.49. The van der Waals surface area contributed by atoms with Crippen molar-refractivity contribution < 1.29 is 22.0 Å². The largest absolute Gasteiger partial charge is 0.207 e. The fourth-order valence-electron chi connectivity index (χ4n) is 4.46. The van der Waals surface area contributed by atoms with Crippen molar-refractivity contribution in [3.05, 3.63) is 93.8 Å². The summed E-state index contributed by atoms with van der Waals surface area (Å²) in [4.78, 5) is 0. The minimum absolute atomic E-state index is 0.137. The normalized spacial score (nSPS) is 15.7. The van der Waals surface area contributed by atoms with Gasteiger partial charge in [-0.25, -0.2) is 22.0 Å². The molecule has 0 saturated carbocycles. The van der Waals surface area contributed by atoms with E-state index in [4.69, 9.17) is 0 Å². The summed E-state index contributed by atoms with van der Waals surface area (Å²) in [6, 6.07) is 10.2. The molecule has 0 spiro atoms. The second-order valence-electron chi connectivity index (χ2n) is 8.25. The number of unbranched alkanes of at least 4 members (excludes halogenated alkanes) is 1. The third-order valence-electron chi connectivity index (χ3n) is 6.12. The van der Waals surface area contributed by atoms with Crippen molar-refractivity contribution in [3.63, 3.8) is 0 Å². The van der Waals surface area contributed by atoms with Crippen molar-refractivity contribution >= 4 is 0 Å². The van der Waals surface area contributed by atoms with E-state index in [1.54, 1.807) is 6.07 Å². The first kappa shape index (κ1) is 21.5. The highest BCUT2D eigenvalue weighted by molar-refractivity contribution is 5.65. The summed E-state index contributed by atoms with van der Waals surface area (Å²) < 4.78 is 69.9. The molecule has 0 bridgehead atoms. The van der Waals surface area contributed by atoms with E-state index in [2.05, 4.69) is 0 Å². The van der Waals surface area contributed by atoms with Gasteiger partial charge in [0.05, 0.1) is 0 Å². The molecule has 0 aliphatic heterocycles. The first-order valence-corrected chi connectivity index (χ1v) is 10.6. The lowest BCUT2D eigenvalue weighted by Gasteiger charge is -2.26. The molecule has 1 aliphatic carbocycles. The standard InChI is InChI=1S/C26H23F5/c1-2-3-4-15-9-21(27)25(22(28)10-15)19-8-7-16-11-18(6-5-17(16)12-19)20-13-23(29)26(31)24(30)14-20/h5-6,9-11,13-14,19H,2-4,7-8,12H2,1H3. The molecule has 0 nitrogen and oxygen atoms in total. The Morgan fingerprint density at radius 2 is 1.45 bits per heavy atom. The highest BCUT2D eigenvalue weighted by Crippen LogP contribution is 2.37. The van der Waals surface area contributed by atoms with Gasteiger partial charge < -0.3 is 0 Å². The van der Waals surface area contributed by atoms with Crippen molar-refractivity contribution in [1.82, 2.24) is 0 Å². The summed E-state index contributed by atoms with van der Waals surface area (Å²) in [5.41, 5.74) is 3.57. The smallest absolute Gasteiger partial charge is 0.194 e. The van der Waals surface area contributed by atoms with E-state index in [0.29, 0.717) is 36.8 Å². The summed E-state index contributed by atoms with van der Waals surface area (Å²) in [7, 11) is 0. The summed E-state index contributed by atoms with van der Waals surface area (Å²) >= 11 is 0. The van der Waals surface area contributed by atoms with Gasteiger partial charge in [-0.05, 0) is 90.1 Å². The Balaban J connectivity index is 1.59. The average molecular weight is 430 g/mol. The molecule has 0 fully saturated rings. The molecule has 31 heavy (non-hydrogen) atoms. The Bertz CT molecular complexity index is 1070. The van der Waals surface area contributed by atoms with Crippen LogP contribution in [0.4, 0.5) is 22.0 Å². The second kappa shape index (κ2) is 8.81. The molecule has 0 amide bonds. The predicted octanol–water partition coefficient (Wildman–Crippen LogP) is 7.66. The Labute approximate surface area is 178 Å². The van der Waals surface area contributed by atoms with E-state index >= 15 is 0 Å². The maximum Gasteiger partial charge on any atom is 0.194 e. The van der Waals surface area contributed by atoms with Gasteiger partial charge in [0.25, 0.3) is 0 Å². The number of hydrogen-bond acceptors (Lipinski definition) is 0. The highest BCUT2D eigenvalue weighted by Gasteiger charge is 2.26. The monoisotopic (exact) mass is 430 g/mol. The number of halogens is 5. The number of hydrogen-bond donors (Lipinski definition) is 0. The molecule has 1 atom stereocenters. The van der Waals surface area contributed by atoms with Crippen LogP contribution in [-0.2, 0) is 19.3 Å². The molecule has 3 aromatic rings. The molecular formula is C26H23F5. The summed E-state index contributed by atoms with van der Waals surface area (Å²) in [6.45, 7) is 2.04. The lowest BCUT2D eigenvalue weighted by Crippen LogP contribution is -2.16. The van der Waals surface area contributed by atoms with Crippen molar-refractivity contribution in [2.75, 3.05) is 0 Å². The molecule has 4 rings (SSSR count). The van der Waals surface area contributed by atoms with Gasteiger partial charge in [0.1, 0.15) is 11.6 Å². The molecule has 0 aromatic heterocycles. The maximum atomic E-state index is 14.8. The van der Waals surface area contributed by atoms with Gasteiger partial charge in [-0.2, -0.15) is 0 Å². The van der Waals surface area contributed by atoms with Crippen LogP contribution < -0.4 is 0 Å². The van der Waals surface area contributed by atoms with Crippen LogP contribution in [0.1, 0.15) is 54.4 Å². The van der Waals surface area contributed by atoms with Crippen molar-refractivity contribution in [2.24, 2.45) is 0 Å². The number of benzene rings is 3. The van der Waals surface area contributed by atoms with Crippen molar-refractivity contribution in [1.29, 1.82) is 0 Å². The third-order valence-corrected chi connectivity index (χ3v) is 6.12. The molecule has 0 radical (unpaired) electrons. The molecule has 0 saturated heterocycles. The van der Waals surface area contributed by atoms with E-state index < -0.39 is 29.1 Å². The van der Waals surface area contributed by atoms with Gasteiger partial charge in [0, 0.05) is 5.56 Å². The predicted molar refractivity (Wildman–Crippen MR) is 111 cm³/mol. The van der Waals surface area contributed by atoms with Crippen LogP contribution in [0, 0.1) is 29.1 Å². The average Bonchev–Trinajstić information content (AvgIpc) is 2.74. The fourth-order valence-corrected chi connectivity index (χ4v) is 4.46. The van der Waals surface area contributed by atoms with Gasteiger partial charge in [-0.15, -0.1) is 0 Å². The zero-order valence-electron chi connectivity index (χ0n) is 17.3. The highest BCUT2D eigenvalue weighted by atomic mass is 19.2. The van der Waals surface area contributed by atoms with Crippen LogP contribution in [0.25, 0.3) is 11.1 Å². The summed E-state index contributed by atoms with van der Waals surface area (Å²) in [5, 5.41) is 0. The third kappa shape index (κ3) is 4.36. The zero-order chi connectivity index (χ0) is 22.1. The van der Waals surface area contributed by atoms with Crippen LogP contribution in [0.15, 0.2) is 42.5 Å². The van der Waals surface area contributed by atoms with Crippen LogP contribution >= 0.6 is 0 Å². The maximum absolute atomic E-state index is 14.8. The zero-order valence-corrected chi connectivity index (χ0v) is 17.3. The van der Waals surface area contributed by atoms with Crippen molar-refractivity contribution in [3.8, 4) is 11.1 Å². The first-order chi connectivity index (χ1) is 14.9. The molecule has 1 unspecified atom stereocenters.